The third kappa shape index (κ3) is 14.3. The molecule has 1 aliphatic rings. The molecule has 1 heterocycles. The van der Waals surface area contributed by atoms with E-state index in [2.05, 4.69) is 5.32 Å². The van der Waals surface area contributed by atoms with Crippen LogP contribution in [0.5, 0.6) is 11.5 Å². The van der Waals surface area contributed by atoms with Crippen molar-refractivity contribution < 1.29 is 52.6 Å². The molecule has 1 aromatic rings. The van der Waals surface area contributed by atoms with Gasteiger partial charge in [-0.25, -0.2) is 9.59 Å². The highest BCUT2D eigenvalue weighted by atomic mass is 16.6. The Morgan fingerprint density at radius 2 is 1.24 bits per heavy atom. The van der Waals surface area contributed by atoms with Crippen molar-refractivity contribution in [2.75, 3.05) is 79.3 Å². The minimum absolute atomic E-state index is 0.0197. The van der Waals surface area contributed by atoms with E-state index in [9.17, 15) is 14.7 Å². The van der Waals surface area contributed by atoms with Crippen molar-refractivity contribution in [2.45, 2.75) is 38.8 Å². The fourth-order valence-corrected chi connectivity index (χ4v) is 3.20. The first-order valence-electron chi connectivity index (χ1n) is 12.7. The van der Waals surface area contributed by atoms with Crippen molar-refractivity contribution in [1.82, 2.24) is 5.32 Å². The van der Waals surface area contributed by atoms with E-state index in [1.54, 1.807) is 39.0 Å². The first kappa shape index (κ1) is 31.6. The number of carboxylic acid groups (broad SMARTS) is 1. The molecule has 216 valence electrons. The Morgan fingerprint density at radius 1 is 0.789 bits per heavy atom. The number of alkyl carbamates (subject to hydrolysis) is 1. The van der Waals surface area contributed by atoms with E-state index in [0.29, 0.717) is 83.1 Å². The molecule has 1 amide bonds. The predicted octanol–water partition coefficient (Wildman–Crippen LogP) is 2.06. The molecule has 2 rings (SSSR count). The van der Waals surface area contributed by atoms with Gasteiger partial charge >= 0.3 is 12.1 Å². The van der Waals surface area contributed by atoms with Gasteiger partial charge in [-0.3, -0.25) is 0 Å². The number of nitrogens with one attached hydrogen (secondary N) is 1. The second kappa shape index (κ2) is 17.8. The number of carbonyl (C=O) groups is 2. The lowest BCUT2D eigenvalue weighted by Crippen LogP contribution is -2.44. The minimum atomic E-state index is -1.19. The molecule has 1 atom stereocenters. The summed E-state index contributed by atoms with van der Waals surface area (Å²) in [5.74, 6) is -0.278. The molecule has 0 unspecified atom stereocenters. The predicted molar refractivity (Wildman–Crippen MR) is 136 cm³/mol. The van der Waals surface area contributed by atoms with Crippen LogP contribution in [0, 0.1) is 0 Å². The summed E-state index contributed by atoms with van der Waals surface area (Å²) in [6, 6.07) is 3.92. The molecule has 0 radical (unpaired) electrons. The van der Waals surface area contributed by atoms with Gasteiger partial charge < -0.3 is 48.3 Å². The second-order valence-electron chi connectivity index (χ2n) is 9.28. The molecule has 1 aromatic carbocycles. The van der Waals surface area contributed by atoms with Gasteiger partial charge in [-0.2, -0.15) is 0 Å². The molecule has 0 fully saturated rings. The van der Waals surface area contributed by atoms with Gasteiger partial charge in [-0.05, 0) is 38.5 Å². The van der Waals surface area contributed by atoms with Crippen LogP contribution in [0.15, 0.2) is 18.2 Å². The summed E-state index contributed by atoms with van der Waals surface area (Å²) in [6.45, 7) is 9.93. The topological polar surface area (TPSA) is 140 Å². The van der Waals surface area contributed by atoms with Crippen LogP contribution in [0.3, 0.4) is 0 Å². The summed E-state index contributed by atoms with van der Waals surface area (Å²) < 4.78 is 44.3. The molecule has 0 saturated heterocycles. The summed E-state index contributed by atoms with van der Waals surface area (Å²) in [7, 11) is 0. The molecular weight excluding hydrogens is 502 g/mol. The van der Waals surface area contributed by atoms with Crippen molar-refractivity contribution in [2.24, 2.45) is 0 Å². The maximum Gasteiger partial charge on any atom is 0.408 e. The smallest absolute Gasteiger partial charge is 0.408 e. The van der Waals surface area contributed by atoms with E-state index in [1.165, 1.54) is 0 Å². The third-order valence-corrected chi connectivity index (χ3v) is 4.90. The zero-order valence-corrected chi connectivity index (χ0v) is 22.5. The first-order chi connectivity index (χ1) is 18.2. The van der Waals surface area contributed by atoms with Crippen molar-refractivity contribution in [3.8, 4) is 11.5 Å². The van der Waals surface area contributed by atoms with Crippen LogP contribution in [0.1, 0.15) is 26.3 Å². The van der Waals surface area contributed by atoms with Gasteiger partial charge in [0.05, 0.1) is 66.1 Å². The number of carboxylic acids is 1. The summed E-state index contributed by atoms with van der Waals surface area (Å²) in [6.07, 6.45) is -0.784. The number of hydrogen-bond acceptors (Lipinski definition) is 10. The summed E-state index contributed by atoms with van der Waals surface area (Å²) >= 11 is 0. The average Bonchev–Trinajstić information content (AvgIpc) is 2.84. The molecule has 0 aliphatic carbocycles. The van der Waals surface area contributed by atoms with Gasteiger partial charge in [0.25, 0.3) is 0 Å². The van der Waals surface area contributed by atoms with Crippen LogP contribution in [0.25, 0.3) is 0 Å². The fourth-order valence-electron chi connectivity index (χ4n) is 3.20. The Labute approximate surface area is 223 Å². The van der Waals surface area contributed by atoms with Crippen LogP contribution in [-0.4, -0.2) is 108 Å². The number of rotatable bonds is 4. The Kier molecular flexibility index (Phi) is 14.8. The monoisotopic (exact) mass is 543 g/mol. The number of hydrogen-bond donors (Lipinski definition) is 2. The second-order valence-corrected chi connectivity index (χ2v) is 9.28. The van der Waals surface area contributed by atoms with E-state index in [0.717, 1.165) is 0 Å². The summed E-state index contributed by atoms with van der Waals surface area (Å²) in [5.41, 5.74) is -0.118. The molecule has 0 saturated carbocycles. The number of ether oxygens (including phenoxy) is 8. The quantitative estimate of drug-likeness (QED) is 0.577. The number of fused-ring (bicyclic) bond motifs is 1. The van der Waals surface area contributed by atoms with Crippen molar-refractivity contribution in [3.63, 3.8) is 0 Å². The number of aliphatic carboxylic acids is 1. The first-order valence-corrected chi connectivity index (χ1v) is 12.7. The molecule has 0 aromatic heterocycles. The Hall–Kier alpha value is -2.64. The van der Waals surface area contributed by atoms with Gasteiger partial charge in [0.2, 0.25) is 0 Å². The van der Waals surface area contributed by atoms with Gasteiger partial charge in [-0.1, -0.05) is 6.07 Å². The maximum atomic E-state index is 12.1. The Balaban J connectivity index is 2.01. The van der Waals surface area contributed by atoms with Crippen molar-refractivity contribution in [3.05, 3.63) is 23.8 Å². The minimum Gasteiger partial charge on any atom is -0.487 e. The molecule has 12 nitrogen and oxygen atoms in total. The lowest BCUT2D eigenvalue weighted by atomic mass is 10.1. The largest absolute Gasteiger partial charge is 0.487 e. The molecular formula is C26H41NO11. The van der Waals surface area contributed by atoms with Crippen molar-refractivity contribution >= 4 is 12.1 Å². The Morgan fingerprint density at radius 3 is 1.68 bits per heavy atom. The molecule has 0 spiro atoms. The zero-order chi connectivity index (χ0) is 27.6. The van der Waals surface area contributed by atoms with Crippen LogP contribution in [-0.2, 0) is 39.6 Å². The summed E-state index contributed by atoms with van der Waals surface area (Å²) in [4.78, 5) is 23.9. The van der Waals surface area contributed by atoms with Gasteiger partial charge in [0, 0.05) is 6.42 Å². The lowest BCUT2D eigenvalue weighted by molar-refractivity contribution is -0.139. The van der Waals surface area contributed by atoms with E-state index in [-0.39, 0.29) is 19.6 Å². The normalized spacial score (nSPS) is 18.4. The molecule has 12 heteroatoms. The van der Waals surface area contributed by atoms with E-state index >= 15 is 0 Å². The highest BCUT2D eigenvalue weighted by Gasteiger charge is 2.24. The highest BCUT2D eigenvalue weighted by Crippen LogP contribution is 2.29. The van der Waals surface area contributed by atoms with Crippen LogP contribution < -0.4 is 14.8 Å². The average molecular weight is 544 g/mol. The third-order valence-electron chi connectivity index (χ3n) is 4.90. The standard InChI is InChI=1S/C26H41NO11/c1-26(2,3)38-25(30)27-21(24(28)29)18-20-4-5-22-23(19-20)37-17-15-35-13-11-33-9-7-31-6-8-32-10-12-34-14-16-36-22/h4-5,19,21H,6-18H2,1-3H3,(H,27,30)(H,28,29)/t21-/m0/s1. The number of carbonyl (C=O) groups excluding carboxylic acids is 1. The Bertz CT molecular complexity index is 828. The van der Waals surface area contributed by atoms with E-state index in [4.69, 9.17) is 37.9 Å². The molecule has 0 bridgehead atoms. The molecule has 1 aliphatic heterocycles. The van der Waals surface area contributed by atoms with E-state index < -0.39 is 23.7 Å². The van der Waals surface area contributed by atoms with Gasteiger partial charge in [-0.15, -0.1) is 0 Å². The number of amides is 1. The zero-order valence-electron chi connectivity index (χ0n) is 22.5. The van der Waals surface area contributed by atoms with Crippen LogP contribution in [0.2, 0.25) is 0 Å². The van der Waals surface area contributed by atoms with Crippen molar-refractivity contribution in [1.29, 1.82) is 0 Å². The maximum absolute atomic E-state index is 12.1. The summed E-state index contributed by atoms with van der Waals surface area (Å²) in [5, 5.41) is 12.0. The molecule has 2 N–H and O–H groups in total. The lowest BCUT2D eigenvalue weighted by Gasteiger charge is -2.22. The molecule has 38 heavy (non-hydrogen) atoms. The van der Waals surface area contributed by atoms with E-state index in [1.807, 2.05) is 0 Å². The SMILES string of the molecule is CC(C)(C)OC(=O)N[C@@H](Cc1ccc2c(c1)OCCOCCOCCOCCOCCOCCO2)C(=O)O. The van der Waals surface area contributed by atoms with Crippen LogP contribution >= 0.6 is 0 Å². The fraction of sp³-hybridized carbons (Fsp3) is 0.692. The van der Waals surface area contributed by atoms with Gasteiger partial charge in [0.15, 0.2) is 11.5 Å². The highest BCUT2D eigenvalue weighted by molar-refractivity contribution is 5.80. The number of benzene rings is 1. The van der Waals surface area contributed by atoms with Crippen LogP contribution in [0.4, 0.5) is 4.79 Å². The van der Waals surface area contributed by atoms with Gasteiger partial charge in [0.1, 0.15) is 24.9 Å².